The first-order valence-corrected chi connectivity index (χ1v) is 9.16. The number of likely N-dealkylation sites (N-methyl/N-ethyl adjacent to an activating group) is 1. The Hall–Kier alpha value is -1.47. The van der Waals surface area contributed by atoms with Crippen molar-refractivity contribution in [2.75, 3.05) is 39.8 Å². The van der Waals surface area contributed by atoms with Crippen LogP contribution in [-0.4, -0.2) is 76.3 Å². The summed E-state index contributed by atoms with van der Waals surface area (Å²) in [6.45, 7) is 7.56. The van der Waals surface area contributed by atoms with Crippen LogP contribution in [0.4, 0.5) is 0 Å². The zero-order valence-corrected chi connectivity index (χ0v) is 14.8. The summed E-state index contributed by atoms with van der Waals surface area (Å²) in [5.74, 6) is 2.27. The summed E-state index contributed by atoms with van der Waals surface area (Å²) in [4.78, 5) is 17.5. The van der Waals surface area contributed by atoms with Gasteiger partial charge in [0, 0.05) is 32.6 Å². The molecule has 1 spiro atoms. The van der Waals surface area contributed by atoms with Gasteiger partial charge in [-0.3, -0.25) is 9.69 Å². The molecular formula is C17H28N6O. The summed E-state index contributed by atoms with van der Waals surface area (Å²) in [5.41, 5.74) is 0.347. The number of hydrogen-bond donors (Lipinski definition) is 1. The van der Waals surface area contributed by atoms with Crippen molar-refractivity contribution in [3.05, 3.63) is 11.6 Å². The molecule has 1 atom stereocenters. The van der Waals surface area contributed by atoms with Gasteiger partial charge in [-0.05, 0) is 51.7 Å². The molecule has 3 aliphatic heterocycles. The first-order chi connectivity index (χ1) is 11.6. The van der Waals surface area contributed by atoms with Crippen molar-refractivity contribution in [1.29, 1.82) is 0 Å². The first-order valence-electron chi connectivity index (χ1n) is 9.16. The van der Waals surface area contributed by atoms with Crippen LogP contribution >= 0.6 is 0 Å². The second kappa shape index (κ2) is 6.11. The Kier molecular flexibility index (Phi) is 4.08. The Morgan fingerprint density at radius 1 is 1.21 bits per heavy atom. The van der Waals surface area contributed by atoms with Gasteiger partial charge >= 0.3 is 0 Å². The Labute approximate surface area is 143 Å². The number of fused-ring (bicyclic) bond motifs is 1. The largest absolute Gasteiger partial charge is 0.339 e. The molecule has 3 aliphatic rings. The van der Waals surface area contributed by atoms with Crippen LogP contribution in [0.5, 0.6) is 0 Å². The molecule has 0 aromatic carbocycles. The van der Waals surface area contributed by atoms with Crippen LogP contribution < -0.4 is 5.32 Å². The third-order valence-corrected chi connectivity index (χ3v) is 6.22. The molecule has 4 rings (SSSR count). The highest BCUT2D eigenvalue weighted by Gasteiger charge is 2.46. The summed E-state index contributed by atoms with van der Waals surface area (Å²) in [6, 6.07) is 0.0488. The van der Waals surface area contributed by atoms with Crippen molar-refractivity contribution >= 4 is 5.91 Å². The molecule has 24 heavy (non-hydrogen) atoms. The fourth-order valence-electron chi connectivity index (χ4n) is 4.76. The van der Waals surface area contributed by atoms with Gasteiger partial charge in [-0.1, -0.05) is 0 Å². The molecule has 1 amide bonds. The Balaban J connectivity index is 1.44. The lowest BCUT2D eigenvalue weighted by atomic mass is 9.77. The molecule has 1 aromatic rings. The lowest BCUT2D eigenvalue weighted by molar-refractivity contribution is -0.135. The molecule has 0 saturated carbocycles. The van der Waals surface area contributed by atoms with E-state index in [2.05, 4.69) is 36.9 Å². The van der Waals surface area contributed by atoms with Crippen molar-refractivity contribution in [3.8, 4) is 0 Å². The average molecular weight is 332 g/mol. The van der Waals surface area contributed by atoms with Gasteiger partial charge in [0.2, 0.25) is 5.91 Å². The fraction of sp³-hybridized carbons (Fsp3) is 0.824. The maximum atomic E-state index is 13.2. The minimum atomic E-state index is 0.0488. The predicted octanol–water partition coefficient (Wildman–Crippen LogP) is 0.0451. The Bertz CT molecular complexity index is 621. The standard InChI is InChI=1S/C17H28N6O/c1-13-19-20-15-3-8-22(9-10-23(13)15)16(24)14-11-17(12-21(14)2)4-6-18-7-5-17/h14,18H,3-12H2,1-2H3/t14-/m0/s1. The summed E-state index contributed by atoms with van der Waals surface area (Å²) in [7, 11) is 2.12. The van der Waals surface area contributed by atoms with Gasteiger partial charge in [-0.2, -0.15) is 0 Å². The van der Waals surface area contributed by atoms with E-state index in [1.54, 1.807) is 0 Å². The van der Waals surface area contributed by atoms with Gasteiger partial charge in [0.1, 0.15) is 11.6 Å². The Morgan fingerprint density at radius 2 is 2.00 bits per heavy atom. The van der Waals surface area contributed by atoms with Crippen molar-refractivity contribution in [2.45, 2.75) is 45.2 Å². The zero-order chi connectivity index (χ0) is 16.7. The number of aromatic nitrogens is 3. The molecule has 2 fully saturated rings. The summed E-state index contributed by atoms with van der Waals surface area (Å²) < 4.78 is 2.15. The number of rotatable bonds is 1. The maximum Gasteiger partial charge on any atom is 0.240 e. The molecule has 0 unspecified atom stereocenters. The van der Waals surface area contributed by atoms with Gasteiger partial charge in [-0.25, -0.2) is 0 Å². The second-order valence-electron chi connectivity index (χ2n) is 7.78. The van der Waals surface area contributed by atoms with Crippen LogP contribution in [0.2, 0.25) is 0 Å². The van der Waals surface area contributed by atoms with E-state index in [4.69, 9.17) is 0 Å². The van der Waals surface area contributed by atoms with Gasteiger partial charge in [0.15, 0.2) is 0 Å². The van der Waals surface area contributed by atoms with E-state index in [-0.39, 0.29) is 6.04 Å². The van der Waals surface area contributed by atoms with Gasteiger partial charge in [0.05, 0.1) is 6.04 Å². The lowest BCUT2D eigenvalue weighted by Crippen LogP contribution is -2.45. The minimum Gasteiger partial charge on any atom is -0.339 e. The van der Waals surface area contributed by atoms with E-state index in [1.165, 1.54) is 12.8 Å². The molecule has 132 valence electrons. The predicted molar refractivity (Wildman–Crippen MR) is 90.6 cm³/mol. The quantitative estimate of drug-likeness (QED) is 0.787. The van der Waals surface area contributed by atoms with E-state index in [9.17, 15) is 4.79 Å². The smallest absolute Gasteiger partial charge is 0.240 e. The van der Waals surface area contributed by atoms with E-state index in [1.807, 2.05) is 6.92 Å². The van der Waals surface area contributed by atoms with Crippen molar-refractivity contribution in [1.82, 2.24) is 29.9 Å². The lowest BCUT2D eigenvalue weighted by Gasteiger charge is -2.33. The molecule has 7 heteroatoms. The number of piperidine rings is 1. The highest BCUT2D eigenvalue weighted by molar-refractivity contribution is 5.82. The SMILES string of the molecule is Cc1nnc2n1CCN(C(=O)[C@@H]1CC3(CCNCC3)CN1C)CC2. The van der Waals surface area contributed by atoms with Crippen molar-refractivity contribution in [2.24, 2.45) is 5.41 Å². The number of nitrogens with one attached hydrogen (secondary N) is 1. The maximum absolute atomic E-state index is 13.2. The summed E-state index contributed by atoms with van der Waals surface area (Å²) in [5, 5.41) is 11.8. The van der Waals surface area contributed by atoms with E-state index in [0.717, 1.165) is 63.8 Å². The van der Waals surface area contributed by atoms with E-state index >= 15 is 0 Å². The molecule has 1 aromatic heterocycles. The molecule has 4 heterocycles. The van der Waals surface area contributed by atoms with E-state index in [0.29, 0.717) is 11.3 Å². The van der Waals surface area contributed by atoms with Crippen LogP contribution in [0, 0.1) is 12.3 Å². The highest BCUT2D eigenvalue weighted by Crippen LogP contribution is 2.41. The van der Waals surface area contributed by atoms with Crippen LogP contribution in [0.3, 0.4) is 0 Å². The van der Waals surface area contributed by atoms with Crippen LogP contribution in [0.25, 0.3) is 0 Å². The fourth-order valence-corrected chi connectivity index (χ4v) is 4.76. The molecule has 7 nitrogen and oxygen atoms in total. The summed E-state index contributed by atoms with van der Waals surface area (Å²) in [6.07, 6.45) is 4.21. The molecule has 2 saturated heterocycles. The Morgan fingerprint density at radius 3 is 2.79 bits per heavy atom. The number of carbonyl (C=O) groups is 1. The first kappa shape index (κ1) is 16.0. The average Bonchev–Trinajstić information content (AvgIpc) is 2.99. The number of aryl methyl sites for hydroxylation is 1. The number of carbonyl (C=O) groups excluding carboxylic acids is 1. The van der Waals surface area contributed by atoms with Crippen LogP contribution in [0.1, 0.15) is 30.9 Å². The molecule has 0 bridgehead atoms. The van der Waals surface area contributed by atoms with E-state index < -0.39 is 0 Å². The number of nitrogens with zero attached hydrogens (tertiary/aromatic N) is 5. The molecule has 0 radical (unpaired) electrons. The van der Waals surface area contributed by atoms with Gasteiger partial charge in [0.25, 0.3) is 0 Å². The third-order valence-electron chi connectivity index (χ3n) is 6.22. The molecule has 1 N–H and O–H groups in total. The van der Waals surface area contributed by atoms with Crippen LogP contribution in [0.15, 0.2) is 0 Å². The van der Waals surface area contributed by atoms with Crippen LogP contribution in [-0.2, 0) is 17.8 Å². The van der Waals surface area contributed by atoms with Gasteiger partial charge in [-0.15, -0.1) is 10.2 Å². The third kappa shape index (κ3) is 2.73. The monoisotopic (exact) mass is 332 g/mol. The highest BCUT2D eigenvalue weighted by atomic mass is 16.2. The number of amides is 1. The molecule has 0 aliphatic carbocycles. The van der Waals surface area contributed by atoms with Gasteiger partial charge < -0.3 is 14.8 Å². The van der Waals surface area contributed by atoms with Crippen molar-refractivity contribution in [3.63, 3.8) is 0 Å². The van der Waals surface area contributed by atoms with Crippen molar-refractivity contribution < 1.29 is 4.79 Å². The number of likely N-dealkylation sites (tertiary alicyclic amines) is 1. The second-order valence-corrected chi connectivity index (χ2v) is 7.78. The normalized spacial score (nSPS) is 27.2. The molecular weight excluding hydrogens is 304 g/mol. The zero-order valence-electron chi connectivity index (χ0n) is 14.8. The summed E-state index contributed by atoms with van der Waals surface area (Å²) >= 11 is 0. The topological polar surface area (TPSA) is 66.3 Å². The number of hydrogen-bond acceptors (Lipinski definition) is 5. The minimum absolute atomic E-state index is 0.0488.